The summed E-state index contributed by atoms with van der Waals surface area (Å²) in [5.74, 6) is 1.65. The summed E-state index contributed by atoms with van der Waals surface area (Å²) in [5, 5.41) is 9.06. The van der Waals surface area contributed by atoms with Gasteiger partial charge in [0.25, 0.3) is 5.91 Å². The van der Waals surface area contributed by atoms with E-state index in [2.05, 4.69) is 26.7 Å². The third kappa shape index (κ3) is 2.63. The second-order valence-corrected chi connectivity index (χ2v) is 7.55. The largest absolute Gasteiger partial charge is 0.377 e. The van der Waals surface area contributed by atoms with Gasteiger partial charge in [0.05, 0.1) is 18.3 Å². The fraction of sp³-hybridized carbons (Fsp3) is 0.625. The van der Waals surface area contributed by atoms with Gasteiger partial charge in [0, 0.05) is 18.5 Å². The van der Waals surface area contributed by atoms with Gasteiger partial charge in [-0.3, -0.25) is 4.79 Å². The predicted molar refractivity (Wildman–Crippen MR) is 88.9 cm³/mol. The number of carbonyl (C=O) groups excluding carboxylic acids is 1. The second-order valence-electron chi connectivity index (χ2n) is 6.47. The number of rotatable bonds is 3. The van der Waals surface area contributed by atoms with Crippen molar-refractivity contribution in [3.8, 4) is 0 Å². The van der Waals surface area contributed by atoms with Crippen molar-refractivity contribution in [3.05, 3.63) is 27.2 Å². The Morgan fingerprint density at radius 2 is 2.17 bits per heavy atom. The van der Waals surface area contributed by atoms with Gasteiger partial charge in [0.1, 0.15) is 6.61 Å². The van der Waals surface area contributed by atoms with Gasteiger partial charge in [-0.2, -0.15) is 0 Å². The van der Waals surface area contributed by atoms with Crippen molar-refractivity contribution in [2.24, 2.45) is 0 Å². The highest BCUT2D eigenvalue weighted by molar-refractivity contribution is 7.13. The molecule has 0 N–H and O–H groups in total. The predicted octanol–water partition coefficient (Wildman–Crippen LogP) is 1.98. The zero-order valence-corrected chi connectivity index (χ0v) is 14.8. The normalized spacial score (nSPS) is 19.9. The first kappa shape index (κ1) is 15.7. The molecule has 1 atom stereocenters. The molecule has 0 fully saturated rings. The first-order chi connectivity index (χ1) is 11.7. The summed E-state index contributed by atoms with van der Waals surface area (Å²) in [6.45, 7) is 3.64. The van der Waals surface area contributed by atoms with E-state index in [0.717, 1.165) is 30.2 Å². The minimum absolute atomic E-state index is 0.0174. The van der Waals surface area contributed by atoms with E-state index in [-0.39, 0.29) is 11.9 Å². The molecule has 0 saturated carbocycles. The standard InChI is InChI=1S/C16H21N5O2S/c1-10-7-20(8-13-18-19-14(9-23-2)21(10)13)16(22)15-17-11-5-3-4-6-12(11)24-15/h10H,3-9H2,1-2H3/t10-/m0/s1. The highest BCUT2D eigenvalue weighted by Gasteiger charge is 2.31. The number of methoxy groups -OCH3 is 1. The number of nitrogens with zero attached hydrogens (tertiary/aromatic N) is 5. The Balaban J connectivity index is 1.56. The topological polar surface area (TPSA) is 73.1 Å². The molecule has 2 aromatic rings. The minimum atomic E-state index is 0.0174. The lowest BCUT2D eigenvalue weighted by Gasteiger charge is -2.32. The van der Waals surface area contributed by atoms with Crippen LogP contribution < -0.4 is 0 Å². The summed E-state index contributed by atoms with van der Waals surface area (Å²) in [5.41, 5.74) is 1.13. The summed E-state index contributed by atoms with van der Waals surface area (Å²) in [6.07, 6.45) is 4.45. The molecule has 3 heterocycles. The van der Waals surface area contributed by atoms with Gasteiger partial charge < -0.3 is 14.2 Å². The van der Waals surface area contributed by atoms with E-state index in [1.54, 1.807) is 18.4 Å². The smallest absolute Gasteiger partial charge is 0.283 e. The zero-order valence-electron chi connectivity index (χ0n) is 14.0. The van der Waals surface area contributed by atoms with Crippen LogP contribution >= 0.6 is 11.3 Å². The van der Waals surface area contributed by atoms with E-state index in [9.17, 15) is 4.79 Å². The molecule has 0 saturated heterocycles. The molecule has 2 aliphatic rings. The van der Waals surface area contributed by atoms with Crippen LogP contribution in [-0.4, -0.2) is 44.2 Å². The van der Waals surface area contributed by atoms with Crippen LogP contribution in [0.2, 0.25) is 0 Å². The van der Waals surface area contributed by atoms with Crippen LogP contribution in [0.15, 0.2) is 0 Å². The van der Waals surface area contributed by atoms with Crippen LogP contribution in [0.1, 0.15) is 57.8 Å². The molecule has 128 valence electrons. The number of thiazole rings is 1. The average molecular weight is 347 g/mol. The monoisotopic (exact) mass is 347 g/mol. The van der Waals surface area contributed by atoms with E-state index < -0.39 is 0 Å². The van der Waals surface area contributed by atoms with Crippen LogP contribution in [0.25, 0.3) is 0 Å². The average Bonchev–Trinajstić information content (AvgIpc) is 3.18. The number of aromatic nitrogens is 4. The number of hydrogen-bond donors (Lipinski definition) is 0. The Morgan fingerprint density at radius 3 is 2.96 bits per heavy atom. The lowest BCUT2D eigenvalue weighted by atomic mass is 10.0. The molecule has 1 aliphatic heterocycles. The van der Waals surface area contributed by atoms with Crippen LogP contribution in [0.3, 0.4) is 0 Å². The minimum Gasteiger partial charge on any atom is -0.377 e. The maximum Gasteiger partial charge on any atom is 0.283 e. The van der Waals surface area contributed by atoms with E-state index in [0.29, 0.717) is 24.7 Å². The summed E-state index contributed by atoms with van der Waals surface area (Å²) in [4.78, 5) is 20.6. The fourth-order valence-electron chi connectivity index (χ4n) is 3.57. The van der Waals surface area contributed by atoms with Crippen molar-refractivity contribution in [1.29, 1.82) is 0 Å². The number of ether oxygens (including phenoxy) is 1. The van der Waals surface area contributed by atoms with Gasteiger partial charge in [-0.25, -0.2) is 4.98 Å². The lowest BCUT2D eigenvalue weighted by molar-refractivity contribution is 0.0674. The fourth-order valence-corrected chi connectivity index (χ4v) is 4.69. The lowest BCUT2D eigenvalue weighted by Crippen LogP contribution is -2.40. The third-order valence-electron chi connectivity index (χ3n) is 4.68. The van der Waals surface area contributed by atoms with Crippen molar-refractivity contribution in [1.82, 2.24) is 24.6 Å². The van der Waals surface area contributed by atoms with Crippen LogP contribution in [-0.2, 0) is 30.7 Å². The van der Waals surface area contributed by atoms with Crippen LogP contribution in [0, 0.1) is 0 Å². The number of aryl methyl sites for hydroxylation is 2. The van der Waals surface area contributed by atoms with Crippen molar-refractivity contribution in [2.45, 2.75) is 51.8 Å². The first-order valence-corrected chi connectivity index (χ1v) is 9.18. The third-order valence-corrected chi connectivity index (χ3v) is 5.83. The van der Waals surface area contributed by atoms with Gasteiger partial charge in [0.2, 0.25) is 0 Å². The molecule has 0 bridgehead atoms. The quantitative estimate of drug-likeness (QED) is 0.849. The Labute approximate surface area is 144 Å². The van der Waals surface area contributed by atoms with Crippen molar-refractivity contribution in [2.75, 3.05) is 13.7 Å². The first-order valence-electron chi connectivity index (χ1n) is 8.37. The van der Waals surface area contributed by atoms with Crippen molar-refractivity contribution in [3.63, 3.8) is 0 Å². The Morgan fingerprint density at radius 1 is 1.33 bits per heavy atom. The van der Waals surface area contributed by atoms with E-state index >= 15 is 0 Å². The molecule has 4 rings (SSSR count). The molecule has 7 nitrogen and oxygen atoms in total. The molecule has 0 spiro atoms. The number of carbonyl (C=O) groups is 1. The van der Waals surface area contributed by atoms with Gasteiger partial charge in [-0.1, -0.05) is 0 Å². The van der Waals surface area contributed by atoms with Crippen LogP contribution in [0.4, 0.5) is 0 Å². The highest BCUT2D eigenvalue weighted by atomic mass is 32.1. The molecule has 1 amide bonds. The maximum atomic E-state index is 12.9. The molecule has 0 aromatic carbocycles. The number of fused-ring (bicyclic) bond motifs is 2. The molecule has 2 aromatic heterocycles. The van der Waals surface area contributed by atoms with Gasteiger partial charge in [-0.05, 0) is 32.6 Å². The molecular formula is C16H21N5O2S. The van der Waals surface area contributed by atoms with Gasteiger partial charge in [0.15, 0.2) is 16.7 Å². The molecule has 0 radical (unpaired) electrons. The Hall–Kier alpha value is -1.80. The SMILES string of the molecule is COCc1nnc2n1[C@@H](C)CN(C(=O)c1nc3c(s1)CCCC3)C2. The molecule has 24 heavy (non-hydrogen) atoms. The Bertz CT molecular complexity index is 745. The number of hydrogen-bond acceptors (Lipinski definition) is 6. The van der Waals surface area contributed by atoms with Crippen molar-refractivity contribution >= 4 is 17.2 Å². The number of amides is 1. The van der Waals surface area contributed by atoms with E-state index in [1.807, 2.05) is 4.90 Å². The van der Waals surface area contributed by atoms with Gasteiger partial charge in [-0.15, -0.1) is 21.5 Å². The summed E-state index contributed by atoms with van der Waals surface area (Å²) in [6, 6.07) is 0.132. The molecular weight excluding hydrogens is 326 g/mol. The van der Waals surface area contributed by atoms with E-state index in [4.69, 9.17) is 4.74 Å². The molecule has 0 unspecified atom stereocenters. The summed E-state index contributed by atoms with van der Waals surface area (Å²) in [7, 11) is 1.65. The molecule has 1 aliphatic carbocycles. The van der Waals surface area contributed by atoms with Gasteiger partial charge >= 0.3 is 0 Å². The Kier molecular flexibility index (Phi) is 4.09. The second kappa shape index (κ2) is 6.25. The van der Waals surface area contributed by atoms with E-state index in [1.165, 1.54) is 17.7 Å². The zero-order chi connectivity index (χ0) is 16.7. The summed E-state index contributed by atoms with van der Waals surface area (Å²) >= 11 is 1.57. The van der Waals surface area contributed by atoms with Crippen LogP contribution in [0.5, 0.6) is 0 Å². The highest BCUT2D eigenvalue weighted by Crippen LogP contribution is 2.29. The molecule has 8 heteroatoms. The maximum absolute atomic E-state index is 12.9. The summed E-state index contributed by atoms with van der Waals surface area (Å²) < 4.78 is 7.26. The van der Waals surface area contributed by atoms with Crippen molar-refractivity contribution < 1.29 is 9.53 Å².